The molecule has 0 aliphatic carbocycles. The van der Waals surface area contributed by atoms with Crippen LogP contribution >= 0.6 is 0 Å². The predicted octanol–water partition coefficient (Wildman–Crippen LogP) is 4.46. The van der Waals surface area contributed by atoms with Crippen molar-refractivity contribution in [3.05, 3.63) is 29.8 Å². The third-order valence-corrected chi connectivity index (χ3v) is 6.39. The van der Waals surface area contributed by atoms with Gasteiger partial charge in [-0.25, -0.2) is 4.79 Å². The number of Topliss-reactive ketones (excluding diaryl/α,β-unsaturated/α-hetero) is 1. The number of primary amides is 1. The van der Waals surface area contributed by atoms with E-state index in [1.165, 1.54) is 0 Å². The van der Waals surface area contributed by atoms with E-state index in [9.17, 15) is 24.0 Å². The number of benzene rings is 1. The quantitative estimate of drug-likeness (QED) is 0.163. The topological polar surface area (TPSA) is 157 Å². The Labute approximate surface area is 238 Å². The lowest BCUT2D eigenvalue weighted by molar-refractivity contribution is -0.154. The number of hydrogen-bond acceptors (Lipinski definition) is 6. The number of anilines is 1. The number of esters is 1. The first-order valence-electron chi connectivity index (χ1n) is 14.2. The first-order chi connectivity index (χ1) is 18.7. The molecule has 40 heavy (non-hydrogen) atoms. The fourth-order valence-corrected chi connectivity index (χ4v) is 3.95. The number of urea groups is 1. The van der Waals surface area contributed by atoms with E-state index in [1.807, 2.05) is 13.8 Å². The zero-order valence-corrected chi connectivity index (χ0v) is 24.9. The van der Waals surface area contributed by atoms with Crippen molar-refractivity contribution in [3.63, 3.8) is 0 Å². The maximum Gasteiger partial charge on any atom is 0.312 e. The standard InChI is InChI=1S/C30H48N4O6/c1-7-8-9-12-25(36)34-26(20(2)3)24(35)18-22(11-10-17-32-29(31)39)27(37)33-23-15-13-21(14-16-23)19-40-28(38)30(4,5)6/h13-16,20,22,26H,7-12,17-19H2,1-6H3,(H,33,37)(H,34,36)(H3,31,32,39)/t22-,26+/m1/s1. The predicted molar refractivity (Wildman–Crippen MR) is 155 cm³/mol. The second-order valence-electron chi connectivity index (χ2n) is 11.6. The van der Waals surface area contributed by atoms with Crippen LogP contribution in [0.4, 0.5) is 10.5 Å². The summed E-state index contributed by atoms with van der Waals surface area (Å²) in [6, 6.07) is 5.58. The fraction of sp³-hybridized carbons (Fsp3) is 0.633. The van der Waals surface area contributed by atoms with Crippen LogP contribution in [-0.4, -0.2) is 42.2 Å². The number of unbranched alkanes of at least 4 members (excludes halogenated alkanes) is 2. The van der Waals surface area contributed by atoms with E-state index in [2.05, 4.69) is 22.9 Å². The van der Waals surface area contributed by atoms with Crippen LogP contribution < -0.4 is 21.7 Å². The summed E-state index contributed by atoms with van der Waals surface area (Å²) in [4.78, 5) is 62.0. The van der Waals surface area contributed by atoms with Crippen molar-refractivity contribution in [2.45, 2.75) is 99.1 Å². The van der Waals surface area contributed by atoms with Crippen LogP contribution in [0.5, 0.6) is 0 Å². The van der Waals surface area contributed by atoms with Gasteiger partial charge in [-0.05, 0) is 63.6 Å². The zero-order valence-electron chi connectivity index (χ0n) is 24.9. The maximum atomic E-state index is 13.3. The molecule has 0 unspecified atom stereocenters. The highest BCUT2D eigenvalue weighted by atomic mass is 16.5. The Morgan fingerprint density at radius 1 is 0.975 bits per heavy atom. The van der Waals surface area contributed by atoms with E-state index in [0.29, 0.717) is 24.9 Å². The van der Waals surface area contributed by atoms with E-state index in [0.717, 1.165) is 24.8 Å². The Hall–Kier alpha value is -3.43. The lowest BCUT2D eigenvalue weighted by atomic mass is 9.89. The molecule has 2 atom stereocenters. The molecule has 0 radical (unpaired) electrons. The first kappa shape index (κ1) is 34.6. The molecule has 0 aliphatic rings. The molecule has 224 valence electrons. The minimum Gasteiger partial charge on any atom is -0.460 e. The summed E-state index contributed by atoms with van der Waals surface area (Å²) in [5.41, 5.74) is 5.85. The molecule has 0 saturated heterocycles. The Kier molecular flexibility index (Phi) is 15.0. The number of rotatable bonds is 17. The number of ether oxygens (including phenoxy) is 1. The zero-order chi connectivity index (χ0) is 30.3. The van der Waals surface area contributed by atoms with Crippen LogP contribution in [0.15, 0.2) is 24.3 Å². The van der Waals surface area contributed by atoms with Gasteiger partial charge in [0.1, 0.15) is 6.61 Å². The highest BCUT2D eigenvalue weighted by molar-refractivity contribution is 5.97. The Bertz CT molecular complexity index is 985. The molecule has 1 aromatic rings. The van der Waals surface area contributed by atoms with Crippen LogP contribution in [-0.2, 0) is 30.5 Å². The molecular weight excluding hydrogens is 512 g/mol. The molecule has 0 fully saturated rings. The average Bonchev–Trinajstić information content (AvgIpc) is 2.87. The lowest BCUT2D eigenvalue weighted by Gasteiger charge is -2.24. The van der Waals surface area contributed by atoms with Gasteiger partial charge >= 0.3 is 12.0 Å². The lowest BCUT2D eigenvalue weighted by Crippen LogP contribution is -2.45. The maximum absolute atomic E-state index is 13.3. The Morgan fingerprint density at radius 3 is 2.17 bits per heavy atom. The van der Waals surface area contributed by atoms with Crippen molar-refractivity contribution >= 4 is 35.3 Å². The van der Waals surface area contributed by atoms with E-state index >= 15 is 0 Å². The molecule has 0 aliphatic heterocycles. The Morgan fingerprint density at radius 2 is 1.62 bits per heavy atom. The summed E-state index contributed by atoms with van der Waals surface area (Å²) in [5.74, 6) is -1.83. The number of hydrogen-bond donors (Lipinski definition) is 4. The van der Waals surface area contributed by atoms with E-state index in [1.54, 1.807) is 45.0 Å². The van der Waals surface area contributed by atoms with Gasteiger partial charge in [-0.1, -0.05) is 45.7 Å². The van der Waals surface area contributed by atoms with Crippen molar-refractivity contribution in [2.24, 2.45) is 23.0 Å². The molecule has 10 nitrogen and oxygen atoms in total. The van der Waals surface area contributed by atoms with Crippen molar-refractivity contribution < 1.29 is 28.7 Å². The second-order valence-corrected chi connectivity index (χ2v) is 11.6. The fourth-order valence-electron chi connectivity index (χ4n) is 3.95. The minimum atomic E-state index is -0.691. The van der Waals surface area contributed by atoms with Gasteiger partial charge in [0.2, 0.25) is 11.8 Å². The smallest absolute Gasteiger partial charge is 0.312 e. The number of ketones is 1. The van der Waals surface area contributed by atoms with Gasteiger partial charge in [0.15, 0.2) is 5.78 Å². The molecule has 1 aromatic carbocycles. The minimum absolute atomic E-state index is 0.0542. The van der Waals surface area contributed by atoms with Crippen molar-refractivity contribution in [1.82, 2.24) is 10.6 Å². The van der Waals surface area contributed by atoms with Gasteiger partial charge in [-0.15, -0.1) is 0 Å². The molecule has 4 amide bonds. The summed E-state index contributed by atoms with van der Waals surface area (Å²) in [6.45, 7) is 11.5. The van der Waals surface area contributed by atoms with Gasteiger partial charge in [-0.2, -0.15) is 0 Å². The van der Waals surface area contributed by atoms with Crippen molar-refractivity contribution in [3.8, 4) is 0 Å². The normalized spacial score (nSPS) is 12.8. The average molecular weight is 561 g/mol. The van der Waals surface area contributed by atoms with E-state index in [4.69, 9.17) is 10.5 Å². The molecular formula is C30H48N4O6. The molecule has 0 aromatic heterocycles. The van der Waals surface area contributed by atoms with E-state index in [-0.39, 0.29) is 49.1 Å². The van der Waals surface area contributed by atoms with Crippen LogP contribution in [0.3, 0.4) is 0 Å². The number of nitrogens with two attached hydrogens (primary N) is 1. The van der Waals surface area contributed by atoms with Crippen LogP contribution in [0.2, 0.25) is 0 Å². The number of nitrogens with one attached hydrogen (secondary N) is 3. The van der Waals surface area contributed by atoms with Gasteiger partial charge < -0.3 is 26.4 Å². The summed E-state index contributed by atoms with van der Waals surface area (Å²) >= 11 is 0. The molecule has 1 rings (SSSR count). The molecule has 5 N–H and O–H groups in total. The third-order valence-electron chi connectivity index (χ3n) is 6.39. The molecule has 10 heteroatoms. The molecule has 0 saturated carbocycles. The van der Waals surface area contributed by atoms with Crippen molar-refractivity contribution in [2.75, 3.05) is 11.9 Å². The molecule has 0 spiro atoms. The Balaban J connectivity index is 2.89. The van der Waals surface area contributed by atoms with Gasteiger partial charge in [0.05, 0.1) is 11.5 Å². The number of carbonyl (C=O) groups is 5. The van der Waals surface area contributed by atoms with Crippen LogP contribution in [0, 0.1) is 17.3 Å². The van der Waals surface area contributed by atoms with Gasteiger partial charge in [-0.3, -0.25) is 19.2 Å². The summed E-state index contributed by atoms with van der Waals surface area (Å²) in [6.07, 6.45) is 3.79. The highest BCUT2D eigenvalue weighted by Crippen LogP contribution is 2.20. The van der Waals surface area contributed by atoms with Gasteiger partial charge in [0, 0.05) is 31.0 Å². The summed E-state index contributed by atoms with van der Waals surface area (Å²) in [5, 5.41) is 8.21. The monoisotopic (exact) mass is 560 g/mol. The number of amides is 4. The molecule has 0 bridgehead atoms. The van der Waals surface area contributed by atoms with Crippen LogP contribution in [0.25, 0.3) is 0 Å². The second kappa shape index (κ2) is 17.3. The number of carbonyl (C=O) groups excluding carboxylic acids is 5. The van der Waals surface area contributed by atoms with E-state index < -0.39 is 23.4 Å². The highest BCUT2D eigenvalue weighted by Gasteiger charge is 2.29. The third kappa shape index (κ3) is 13.6. The molecule has 0 heterocycles. The van der Waals surface area contributed by atoms with Gasteiger partial charge in [0.25, 0.3) is 0 Å². The summed E-state index contributed by atoms with van der Waals surface area (Å²) < 4.78 is 5.33. The van der Waals surface area contributed by atoms with Crippen molar-refractivity contribution in [1.29, 1.82) is 0 Å². The summed E-state index contributed by atoms with van der Waals surface area (Å²) in [7, 11) is 0. The van der Waals surface area contributed by atoms with Crippen LogP contribution in [0.1, 0.15) is 92.1 Å². The first-order valence-corrected chi connectivity index (χ1v) is 14.2. The SMILES string of the molecule is CCCCCC(=O)N[C@H](C(=O)C[C@@H](CCCNC(N)=O)C(=O)Nc1ccc(COC(=O)C(C)(C)C)cc1)C(C)C. The largest absolute Gasteiger partial charge is 0.460 e.